The Morgan fingerprint density at radius 2 is 2.21 bits per heavy atom. The fraction of sp³-hybridized carbons (Fsp3) is 0. The molecule has 0 aliphatic rings. The Hall–Kier alpha value is -2.96. The van der Waals surface area contributed by atoms with Crippen molar-refractivity contribution in [3.8, 4) is 17.3 Å². The number of nitrogens with one attached hydrogen (secondary N) is 1. The first-order chi connectivity index (χ1) is 9.13. The van der Waals surface area contributed by atoms with Crippen molar-refractivity contribution < 1.29 is 19.1 Å². The van der Waals surface area contributed by atoms with Gasteiger partial charge in [0.15, 0.2) is 5.82 Å². The van der Waals surface area contributed by atoms with E-state index in [0.717, 1.165) is 16.5 Å². The fourth-order valence-electron chi connectivity index (χ4n) is 1.80. The Balaban J connectivity index is 2.01. The van der Waals surface area contributed by atoms with Gasteiger partial charge >= 0.3 is 6.16 Å². The lowest BCUT2D eigenvalue weighted by Crippen LogP contribution is -2.01. The van der Waals surface area contributed by atoms with Crippen LogP contribution in [-0.2, 0) is 0 Å². The number of aromatic nitrogens is 2. The van der Waals surface area contributed by atoms with Gasteiger partial charge in [0.1, 0.15) is 5.76 Å². The van der Waals surface area contributed by atoms with Gasteiger partial charge in [-0.1, -0.05) is 0 Å². The van der Waals surface area contributed by atoms with Crippen LogP contribution in [0.4, 0.5) is 10.6 Å². The summed E-state index contributed by atoms with van der Waals surface area (Å²) >= 11 is 0. The monoisotopic (exact) mass is 259 g/mol. The first-order valence-corrected chi connectivity index (χ1v) is 5.38. The zero-order chi connectivity index (χ0) is 13.4. The molecule has 2 heterocycles. The molecular formula is C12H9N3O4. The number of ether oxygens (including phenoxy) is 1. The lowest BCUT2D eigenvalue weighted by Gasteiger charge is -1.98. The largest absolute Gasteiger partial charge is 0.513 e. The minimum Gasteiger partial charge on any atom is -0.449 e. The number of nitrogens with two attached hydrogens (primary N) is 1. The molecule has 0 spiro atoms. The van der Waals surface area contributed by atoms with Gasteiger partial charge in [0.25, 0.3) is 5.95 Å². The van der Waals surface area contributed by atoms with Gasteiger partial charge < -0.3 is 20.0 Å². The highest BCUT2D eigenvalue weighted by atomic mass is 16.7. The third kappa shape index (κ3) is 1.97. The van der Waals surface area contributed by atoms with E-state index in [2.05, 4.69) is 14.9 Å². The summed E-state index contributed by atoms with van der Waals surface area (Å²) in [6.45, 7) is 0. The normalized spacial score (nSPS) is 10.7. The Morgan fingerprint density at radius 1 is 1.37 bits per heavy atom. The molecule has 0 saturated carbocycles. The van der Waals surface area contributed by atoms with Gasteiger partial charge in [-0.25, -0.2) is 4.79 Å². The number of furan rings is 1. The molecule has 96 valence electrons. The maximum Gasteiger partial charge on any atom is 0.513 e. The summed E-state index contributed by atoms with van der Waals surface area (Å²) < 4.78 is 9.69. The quantitative estimate of drug-likeness (QED) is 0.609. The number of H-pyrrole nitrogens is 1. The molecule has 0 atom stereocenters. The summed E-state index contributed by atoms with van der Waals surface area (Å²) in [6.07, 6.45) is -1.42. The van der Waals surface area contributed by atoms with Crippen molar-refractivity contribution in [2.75, 3.05) is 5.73 Å². The van der Waals surface area contributed by atoms with Crippen LogP contribution in [0.25, 0.3) is 22.2 Å². The molecule has 0 radical (unpaired) electrons. The molecule has 0 amide bonds. The van der Waals surface area contributed by atoms with Crippen molar-refractivity contribution in [3.05, 3.63) is 30.3 Å². The average Bonchev–Trinajstić information content (AvgIpc) is 2.96. The van der Waals surface area contributed by atoms with E-state index in [1.54, 1.807) is 12.1 Å². The third-order valence-electron chi connectivity index (χ3n) is 2.65. The lowest BCUT2D eigenvalue weighted by molar-refractivity contribution is 0.133. The van der Waals surface area contributed by atoms with Gasteiger partial charge in [-0.2, -0.15) is 5.10 Å². The SMILES string of the molecule is Nc1n[nH]c2ccc(-c3ccc(OC(=O)O)o3)cc12. The molecule has 0 saturated heterocycles. The van der Waals surface area contributed by atoms with Gasteiger partial charge in [0.05, 0.1) is 5.52 Å². The zero-order valence-electron chi connectivity index (χ0n) is 9.58. The molecule has 0 aliphatic heterocycles. The number of carboxylic acid groups (broad SMARTS) is 1. The van der Waals surface area contributed by atoms with Crippen molar-refractivity contribution in [2.24, 2.45) is 0 Å². The number of aromatic amines is 1. The molecule has 0 bridgehead atoms. The maximum atomic E-state index is 10.4. The summed E-state index contributed by atoms with van der Waals surface area (Å²) in [5.41, 5.74) is 7.28. The number of carbonyl (C=O) groups is 1. The van der Waals surface area contributed by atoms with E-state index in [9.17, 15) is 4.79 Å². The van der Waals surface area contributed by atoms with Crippen LogP contribution in [-0.4, -0.2) is 21.5 Å². The third-order valence-corrected chi connectivity index (χ3v) is 2.65. The van der Waals surface area contributed by atoms with Crippen molar-refractivity contribution in [2.45, 2.75) is 0 Å². The standard InChI is InChI=1S/C12H9N3O4/c13-11-7-5-6(1-2-8(7)14-15-11)9-3-4-10(18-9)19-12(16)17/h1-5H,(H,16,17)(H3,13,14,15). The van der Waals surface area contributed by atoms with E-state index < -0.39 is 6.16 Å². The highest BCUT2D eigenvalue weighted by Gasteiger charge is 2.10. The molecule has 0 fully saturated rings. The summed E-state index contributed by atoms with van der Waals surface area (Å²) in [5.74, 6) is 0.798. The lowest BCUT2D eigenvalue weighted by atomic mass is 10.1. The molecule has 0 unspecified atom stereocenters. The molecule has 3 rings (SSSR count). The summed E-state index contributed by atoms with van der Waals surface area (Å²) in [5, 5.41) is 15.9. The van der Waals surface area contributed by atoms with Crippen molar-refractivity contribution >= 4 is 22.9 Å². The van der Waals surface area contributed by atoms with E-state index in [1.165, 1.54) is 6.07 Å². The van der Waals surface area contributed by atoms with Crippen molar-refractivity contribution in [1.29, 1.82) is 0 Å². The molecule has 7 heteroatoms. The smallest absolute Gasteiger partial charge is 0.449 e. The van der Waals surface area contributed by atoms with Crippen LogP contribution in [0.5, 0.6) is 5.95 Å². The molecule has 3 aromatic rings. The highest BCUT2D eigenvalue weighted by Crippen LogP contribution is 2.29. The second-order valence-electron chi connectivity index (χ2n) is 3.86. The average molecular weight is 259 g/mol. The summed E-state index contributed by atoms with van der Waals surface area (Å²) in [6, 6.07) is 8.48. The van der Waals surface area contributed by atoms with Crippen LogP contribution in [0.1, 0.15) is 0 Å². The van der Waals surface area contributed by atoms with E-state index >= 15 is 0 Å². The predicted molar refractivity (Wildman–Crippen MR) is 66.9 cm³/mol. The molecule has 2 aromatic heterocycles. The van der Waals surface area contributed by atoms with Crippen LogP contribution in [0.3, 0.4) is 0 Å². The summed E-state index contributed by atoms with van der Waals surface area (Å²) in [7, 11) is 0. The number of anilines is 1. The predicted octanol–water partition coefficient (Wildman–Crippen LogP) is 2.46. The van der Waals surface area contributed by atoms with Crippen LogP contribution in [0.15, 0.2) is 34.7 Å². The topological polar surface area (TPSA) is 114 Å². The second-order valence-corrected chi connectivity index (χ2v) is 3.86. The maximum absolute atomic E-state index is 10.4. The van der Waals surface area contributed by atoms with Crippen LogP contribution in [0.2, 0.25) is 0 Å². The minimum atomic E-state index is -1.42. The van der Waals surface area contributed by atoms with Crippen LogP contribution >= 0.6 is 0 Å². The number of hydrogen-bond acceptors (Lipinski definition) is 5. The summed E-state index contributed by atoms with van der Waals surface area (Å²) in [4.78, 5) is 10.4. The van der Waals surface area contributed by atoms with E-state index in [0.29, 0.717) is 11.6 Å². The van der Waals surface area contributed by atoms with Gasteiger partial charge in [0.2, 0.25) is 0 Å². The van der Waals surface area contributed by atoms with Crippen LogP contribution < -0.4 is 10.5 Å². The number of nitrogens with zero attached hydrogens (tertiary/aromatic N) is 1. The molecule has 7 nitrogen and oxygen atoms in total. The van der Waals surface area contributed by atoms with Crippen LogP contribution in [0, 0.1) is 0 Å². The fourth-order valence-corrected chi connectivity index (χ4v) is 1.80. The number of nitrogen functional groups attached to an aromatic ring is 1. The van der Waals surface area contributed by atoms with E-state index in [-0.39, 0.29) is 5.95 Å². The van der Waals surface area contributed by atoms with Gasteiger partial charge in [-0.15, -0.1) is 0 Å². The molecular weight excluding hydrogens is 250 g/mol. The van der Waals surface area contributed by atoms with Gasteiger partial charge in [-0.05, 0) is 24.3 Å². The Labute approximate surface area is 106 Å². The number of hydrogen-bond donors (Lipinski definition) is 3. The molecule has 19 heavy (non-hydrogen) atoms. The number of benzene rings is 1. The molecule has 0 aliphatic carbocycles. The Morgan fingerprint density at radius 3 is 3.00 bits per heavy atom. The van der Waals surface area contributed by atoms with Crippen molar-refractivity contribution in [1.82, 2.24) is 10.2 Å². The van der Waals surface area contributed by atoms with Gasteiger partial charge in [-0.3, -0.25) is 5.10 Å². The first kappa shape index (κ1) is 11.1. The number of rotatable bonds is 2. The zero-order valence-corrected chi connectivity index (χ0v) is 9.58. The first-order valence-electron chi connectivity index (χ1n) is 5.38. The number of fused-ring (bicyclic) bond motifs is 1. The molecule has 1 aromatic carbocycles. The molecule has 4 N–H and O–H groups in total. The van der Waals surface area contributed by atoms with E-state index in [1.807, 2.05) is 12.1 Å². The van der Waals surface area contributed by atoms with E-state index in [4.69, 9.17) is 15.3 Å². The van der Waals surface area contributed by atoms with Gasteiger partial charge in [0, 0.05) is 17.0 Å². The second kappa shape index (κ2) is 4.05. The highest BCUT2D eigenvalue weighted by molar-refractivity contribution is 5.91. The van der Waals surface area contributed by atoms with Crippen molar-refractivity contribution in [3.63, 3.8) is 0 Å². The Bertz CT molecular complexity index is 759. The Kier molecular flexibility index (Phi) is 2.38. The minimum absolute atomic E-state index is 0.0808.